The van der Waals surface area contributed by atoms with Gasteiger partial charge in [-0.3, -0.25) is 4.79 Å². The van der Waals surface area contributed by atoms with Gasteiger partial charge in [0.2, 0.25) is 0 Å². The van der Waals surface area contributed by atoms with Crippen LogP contribution >= 0.6 is 0 Å². The zero-order valence-electron chi connectivity index (χ0n) is 15.2. The highest BCUT2D eigenvalue weighted by Gasteiger charge is 2.15. The van der Waals surface area contributed by atoms with E-state index in [0.29, 0.717) is 6.04 Å². The second-order valence-electron chi connectivity index (χ2n) is 6.82. The first-order valence-electron chi connectivity index (χ1n) is 9.39. The second kappa shape index (κ2) is 8.53. The predicted octanol–water partition coefficient (Wildman–Crippen LogP) is 5.10. The van der Waals surface area contributed by atoms with Crippen molar-refractivity contribution in [1.29, 1.82) is 5.26 Å². The highest BCUT2D eigenvalue weighted by molar-refractivity contribution is 6.09. The Bertz CT molecular complexity index is 835. The van der Waals surface area contributed by atoms with E-state index in [1.54, 1.807) is 6.08 Å². The van der Waals surface area contributed by atoms with Crippen molar-refractivity contribution in [3.05, 3.63) is 59.4 Å². The fourth-order valence-electron chi connectivity index (χ4n) is 3.58. The first-order chi connectivity index (χ1) is 12.7. The van der Waals surface area contributed by atoms with E-state index >= 15 is 0 Å². The maximum absolute atomic E-state index is 12.5. The van der Waals surface area contributed by atoms with Gasteiger partial charge >= 0.3 is 0 Å². The van der Waals surface area contributed by atoms with Crippen LogP contribution in [0.3, 0.4) is 0 Å². The van der Waals surface area contributed by atoms with Crippen molar-refractivity contribution in [2.24, 2.45) is 0 Å². The molecule has 1 amide bonds. The maximum Gasteiger partial charge on any atom is 0.266 e. The quantitative estimate of drug-likeness (QED) is 0.604. The number of nitrogens with one attached hydrogen (secondary N) is 1. The molecular weight excluding hydrogens is 322 g/mol. The Labute approximate surface area is 155 Å². The Morgan fingerprint density at radius 2 is 2.04 bits per heavy atom. The van der Waals surface area contributed by atoms with Crippen molar-refractivity contribution >= 4 is 17.7 Å². The molecule has 0 unspecified atom stereocenters. The molecule has 3 rings (SSSR count). The monoisotopic (exact) mass is 347 g/mol. The molecule has 0 spiro atoms. The molecule has 134 valence electrons. The van der Waals surface area contributed by atoms with Gasteiger partial charge in [0, 0.05) is 24.1 Å². The SMILES string of the molecule is CCc1ccccc1NC(=O)/C(C#N)=C/c1ccn(C2CCCCC2)c1. The summed E-state index contributed by atoms with van der Waals surface area (Å²) in [6, 6.07) is 12.2. The van der Waals surface area contributed by atoms with Gasteiger partial charge in [0.05, 0.1) is 0 Å². The molecule has 1 heterocycles. The number of aryl methyl sites for hydroxylation is 1. The van der Waals surface area contributed by atoms with E-state index in [9.17, 15) is 10.1 Å². The molecular formula is C22H25N3O. The van der Waals surface area contributed by atoms with Crippen LogP contribution in [0.4, 0.5) is 5.69 Å². The molecule has 0 bridgehead atoms. The van der Waals surface area contributed by atoms with E-state index in [1.165, 1.54) is 32.1 Å². The number of nitriles is 1. The van der Waals surface area contributed by atoms with Crippen LogP contribution in [0, 0.1) is 11.3 Å². The summed E-state index contributed by atoms with van der Waals surface area (Å²) in [6.07, 6.45) is 12.9. The number of aromatic nitrogens is 1. The van der Waals surface area contributed by atoms with E-state index in [1.807, 2.05) is 49.5 Å². The fraction of sp³-hybridized carbons (Fsp3) is 0.364. The predicted molar refractivity (Wildman–Crippen MR) is 105 cm³/mol. The lowest BCUT2D eigenvalue weighted by Gasteiger charge is -2.23. The van der Waals surface area contributed by atoms with Crippen LogP contribution in [-0.4, -0.2) is 10.5 Å². The highest BCUT2D eigenvalue weighted by Crippen LogP contribution is 2.28. The first-order valence-corrected chi connectivity index (χ1v) is 9.39. The molecule has 0 saturated heterocycles. The molecule has 0 radical (unpaired) electrons. The summed E-state index contributed by atoms with van der Waals surface area (Å²) in [5, 5.41) is 12.3. The van der Waals surface area contributed by atoms with Crippen molar-refractivity contribution in [3.8, 4) is 6.07 Å². The average molecular weight is 347 g/mol. The summed E-state index contributed by atoms with van der Waals surface area (Å²) in [5.41, 5.74) is 2.84. The fourth-order valence-corrected chi connectivity index (χ4v) is 3.58. The summed E-state index contributed by atoms with van der Waals surface area (Å²) in [7, 11) is 0. The molecule has 0 aliphatic heterocycles. The lowest BCUT2D eigenvalue weighted by molar-refractivity contribution is -0.112. The third-order valence-corrected chi connectivity index (χ3v) is 5.06. The summed E-state index contributed by atoms with van der Waals surface area (Å²) in [4.78, 5) is 12.5. The summed E-state index contributed by atoms with van der Waals surface area (Å²) < 4.78 is 2.23. The first kappa shape index (κ1) is 18.0. The van der Waals surface area contributed by atoms with Gasteiger partial charge in [0.1, 0.15) is 11.6 Å². The van der Waals surface area contributed by atoms with Crippen LogP contribution in [0.15, 0.2) is 48.3 Å². The standard InChI is InChI=1S/C22H25N3O/c1-2-18-8-6-7-11-21(18)24-22(26)19(15-23)14-17-12-13-25(16-17)20-9-4-3-5-10-20/h6-8,11-14,16,20H,2-5,9-10H2,1H3,(H,24,26)/b19-14+. The maximum atomic E-state index is 12.5. The van der Waals surface area contributed by atoms with Crippen LogP contribution in [0.1, 0.15) is 56.2 Å². The number of anilines is 1. The number of nitrogens with zero attached hydrogens (tertiary/aromatic N) is 2. The van der Waals surface area contributed by atoms with Gasteiger partial charge in [0.25, 0.3) is 5.91 Å². The van der Waals surface area contributed by atoms with E-state index in [0.717, 1.165) is 23.2 Å². The smallest absolute Gasteiger partial charge is 0.266 e. The number of amides is 1. The molecule has 1 aromatic heterocycles. The van der Waals surface area contributed by atoms with Gasteiger partial charge in [0.15, 0.2) is 0 Å². The molecule has 1 fully saturated rings. The molecule has 1 aliphatic rings. The van der Waals surface area contributed by atoms with Gasteiger partial charge in [-0.2, -0.15) is 5.26 Å². The Morgan fingerprint density at radius 3 is 2.77 bits per heavy atom. The lowest BCUT2D eigenvalue weighted by Crippen LogP contribution is -2.14. The molecule has 1 N–H and O–H groups in total. The molecule has 4 nitrogen and oxygen atoms in total. The number of rotatable bonds is 5. The van der Waals surface area contributed by atoms with E-state index in [4.69, 9.17) is 0 Å². The third kappa shape index (κ3) is 4.23. The Balaban J connectivity index is 1.74. The zero-order valence-corrected chi connectivity index (χ0v) is 15.2. The van der Waals surface area contributed by atoms with Crippen molar-refractivity contribution in [2.45, 2.75) is 51.5 Å². The number of para-hydroxylation sites is 1. The van der Waals surface area contributed by atoms with Crippen LogP contribution in [-0.2, 0) is 11.2 Å². The Morgan fingerprint density at radius 1 is 1.27 bits per heavy atom. The summed E-state index contributed by atoms with van der Waals surface area (Å²) in [5.74, 6) is -0.362. The van der Waals surface area contributed by atoms with E-state index in [-0.39, 0.29) is 11.5 Å². The molecule has 0 atom stereocenters. The van der Waals surface area contributed by atoms with Gasteiger partial charge in [-0.15, -0.1) is 0 Å². The molecule has 26 heavy (non-hydrogen) atoms. The Hall–Kier alpha value is -2.80. The average Bonchev–Trinajstić information content (AvgIpc) is 3.16. The summed E-state index contributed by atoms with van der Waals surface area (Å²) in [6.45, 7) is 2.04. The van der Waals surface area contributed by atoms with Gasteiger partial charge in [-0.1, -0.05) is 44.4 Å². The minimum Gasteiger partial charge on any atom is -0.351 e. The molecule has 2 aromatic rings. The second-order valence-corrected chi connectivity index (χ2v) is 6.82. The van der Waals surface area contributed by atoms with Crippen LogP contribution in [0.5, 0.6) is 0 Å². The van der Waals surface area contributed by atoms with Gasteiger partial charge < -0.3 is 9.88 Å². The Kier molecular flexibility index (Phi) is 5.91. The van der Waals surface area contributed by atoms with Crippen molar-refractivity contribution < 1.29 is 4.79 Å². The third-order valence-electron chi connectivity index (χ3n) is 5.06. The van der Waals surface area contributed by atoms with E-state index in [2.05, 4.69) is 16.1 Å². The van der Waals surface area contributed by atoms with Crippen molar-refractivity contribution in [1.82, 2.24) is 4.57 Å². The van der Waals surface area contributed by atoms with E-state index < -0.39 is 0 Å². The lowest BCUT2D eigenvalue weighted by atomic mass is 9.95. The minimum atomic E-state index is -0.362. The summed E-state index contributed by atoms with van der Waals surface area (Å²) >= 11 is 0. The number of benzene rings is 1. The number of hydrogen-bond donors (Lipinski definition) is 1. The minimum absolute atomic E-state index is 0.123. The van der Waals surface area contributed by atoms with Crippen LogP contribution < -0.4 is 5.32 Å². The highest BCUT2D eigenvalue weighted by atomic mass is 16.1. The van der Waals surface area contributed by atoms with Crippen molar-refractivity contribution in [3.63, 3.8) is 0 Å². The van der Waals surface area contributed by atoms with Crippen LogP contribution in [0.25, 0.3) is 6.08 Å². The number of carbonyl (C=O) groups is 1. The topological polar surface area (TPSA) is 57.8 Å². The molecule has 4 heteroatoms. The van der Waals surface area contributed by atoms with Crippen molar-refractivity contribution in [2.75, 3.05) is 5.32 Å². The molecule has 1 aliphatic carbocycles. The number of hydrogen-bond acceptors (Lipinski definition) is 2. The number of carbonyl (C=O) groups excluding carboxylic acids is 1. The van der Waals surface area contributed by atoms with Gasteiger partial charge in [-0.05, 0) is 48.6 Å². The largest absolute Gasteiger partial charge is 0.351 e. The molecule has 1 saturated carbocycles. The molecule has 1 aromatic carbocycles. The van der Waals surface area contributed by atoms with Crippen LogP contribution in [0.2, 0.25) is 0 Å². The normalized spacial score (nSPS) is 15.5. The zero-order chi connectivity index (χ0) is 18.4. The van der Waals surface area contributed by atoms with Gasteiger partial charge in [-0.25, -0.2) is 0 Å².